The Morgan fingerprint density at radius 3 is 3.10 bits per heavy atom. The van der Waals surface area contributed by atoms with Gasteiger partial charge in [0.05, 0.1) is 6.10 Å². The molecule has 0 saturated carbocycles. The largest absolute Gasteiger partial charge is 0.378 e. The lowest BCUT2D eigenvalue weighted by Crippen LogP contribution is -2.48. The molecule has 3 heteroatoms. The topological polar surface area (TPSA) is 21.3 Å². The van der Waals surface area contributed by atoms with Crippen LogP contribution in [0, 0.1) is 5.41 Å². The van der Waals surface area contributed by atoms with Gasteiger partial charge in [0.15, 0.2) is 0 Å². The quantitative estimate of drug-likeness (QED) is 0.890. The molecule has 3 atom stereocenters. The number of hydrogen-bond acceptors (Lipinski definition) is 2. The lowest BCUT2D eigenvalue weighted by molar-refractivity contribution is -0.0690. The molecule has 1 spiro atoms. The van der Waals surface area contributed by atoms with Gasteiger partial charge >= 0.3 is 0 Å². The summed E-state index contributed by atoms with van der Waals surface area (Å²) in [6.07, 6.45) is 5.19. The van der Waals surface area contributed by atoms with Crippen molar-refractivity contribution in [2.75, 3.05) is 19.7 Å². The maximum absolute atomic E-state index is 6.20. The van der Waals surface area contributed by atoms with Gasteiger partial charge in [0.2, 0.25) is 0 Å². The smallest absolute Gasteiger partial charge is 0.0578 e. The molecular formula is C17H24ClNO. The molecule has 110 valence electrons. The molecule has 2 aliphatic heterocycles. The Morgan fingerprint density at radius 1 is 1.40 bits per heavy atom. The van der Waals surface area contributed by atoms with E-state index in [1.54, 1.807) is 0 Å². The minimum absolute atomic E-state index is 0.398. The highest BCUT2D eigenvalue weighted by Crippen LogP contribution is 2.50. The fourth-order valence-corrected chi connectivity index (χ4v) is 4.22. The second-order valence-electron chi connectivity index (χ2n) is 6.28. The number of benzene rings is 1. The minimum Gasteiger partial charge on any atom is -0.378 e. The Hall–Kier alpha value is -0.570. The van der Waals surface area contributed by atoms with Crippen molar-refractivity contribution < 1.29 is 4.74 Å². The van der Waals surface area contributed by atoms with Crippen molar-refractivity contribution in [3.8, 4) is 0 Å². The van der Waals surface area contributed by atoms with Crippen LogP contribution in [-0.4, -0.2) is 25.8 Å². The second-order valence-corrected chi connectivity index (χ2v) is 6.72. The third kappa shape index (κ3) is 2.74. The molecule has 3 unspecified atom stereocenters. The van der Waals surface area contributed by atoms with Crippen molar-refractivity contribution in [3.63, 3.8) is 0 Å². The van der Waals surface area contributed by atoms with Crippen LogP contribution < -0.4 is 5.32 Å². The molecule has 0 radical (unpaired) electrons. The minimum atomic E-state index is 0.398. The van der Waals surface area contributed by atoms with Crippen LogP contribution in [0.2, 0.25) is 5.02 Å². The van der Waals surface area contributed by atoms with Crippen molar-refractivity contribution in [2.45, 2.75) is 44.6 Å². The highest BCUT2D eigenvalue weighted by atomic mass is 35.5. The average molecular weight is 294 g/mol. The van der Waals surface area contributed by atoms with Crippen LogP contribution >= 0.6 is 11.6 Å². The van der Waals surface area contributed by atoms with Crippen LogP contribution in [0.3, 0.4) is 0 Å². The fraction of sp³-hybridized carbons (Fsp3) is 0.647. The van der Waals surface area contributed by atoms with Crippen molar-refractivity contribution in [2.24, 2.45) is 5.41 Å². The number of hydrogen-bond donors (Lipinski definition) is 1. The van der Waals surface area contributed by atoms with E-state index < -0.39 is 0 Å². The molecule has 2 heterocycles. The molecule has 0 aliphatic carbocycles. The predicted molar refractivity (Wildman–Crippen MR) is 83.4 cm³/mol. The van der Waals surface area contributed by atoms with E-state index >= 15 is 0 Å². The fourth-order valence-electron chi connectivity index (χ4n) is 4.02. The van der Waals surface area contributed by atoms with Crippen LogP contribution in [-0.2, 0) is 4.74 Å². The Balaban J connectivity index is 1.90. The van der Waals surface area contributed by atoms with Crippen LogP contribution in [0.15, 0.2) is 24.3 Å². The normalized spacial score (nSPS) is 34.3. The first-order valence-electron chi connectivity index (χ1n) is 7.81. The van der Waals surface area contributed by atoms with E-state index in [0.29, 0.717) is 17.4 Å². The van der Waals surface area contributed by atoms with E-state index in [4.69, 9.17) is 16.3 Å². The molecule has 2 aliphatic rings. The predicted octanol–water partition coefficient (Wildman–Crippen LogP) is 3.99. The Kier molecular flexibility index (Phi) is 4.34. The zero-order valence-electron chi connectivity index (χ0n) is 12.2. The SMILES string of the molecule is CCC1CC2(CCNCC2c2cccc(Cl)c2)CCO1. The maximum Gasteiger partial charge on any atom is 0.0578 e. The van der Waals surface area contributed by atoms with Gasteiger partial charge in [-0.05, 0) is 55.3 Å². The first-order valence-corrected chi connectivity index (χ1v) is 8.19. The summed E-state index contributed by atoms with van der Waals surface area (Å²) in [4.78, 5) is 0. The first kappa shape index (κ1) is 14.4. The van der Waals surface area contributed by atoms with Crippen LogP contribution in [0.4, 0.5) is 0 Å². The lowest BCUT2D eigenvalue weighted by atomic mass is 9.62. The molecule has 1 aromatic rings. The molecule has 2 fully saturated rings. The van der Waals surface area contributed by atoms with E-state index in [1.165, 1.54) is 24.8 Å². The Labute approximate surface area is 126 Å². The zero-order valence-corrected chi connectivity index (χ0v) is 13.0. The Morgan fingerprint density at radius 2 is 2.30 bits per heavy atom. The van der Waals surface area contributed by atoms with Crippen LogP contribution in [0.5, 0.6) is 0 Å². The Bertz CT molecular complexity index is 460. The van der Waals surface area contributed by atoms with Crippen molar-refractivity contribution in [1.82, 2.24) is 5.32 Å². The monoisotopic (exact) mass is 293 g/mol. The van der Waals surface area contributed by atoms with Gasteiger partial charge in [0.1, 0.15) is 0 Å². The summed E-state index contributed by atoms with van der Waals surface area (Å²) in [7, 11) is 0. The average Bonchev–Trinajstić information content (AvgIpc) is 2.48. The summed E-state index contributed by atoms with van der Waals surface area (Å²) in [6, 6.07) is 8.43. The van der Waals surface area contributed by atoms with Gasteiger partial charge in [-0.2, -0.15) is 0 Å². The summed E-state index contributed by atoms with van der Waals surface area (Å²) in [5.41, 5.74) is 1.79. The molecule has 3 rings (SSSR count). The summed E-state index contributed by atoms with van der Waals surface area (Å²) >= 11 is 6.20. The summed E-state index contributed by atoms with van der Waals surface area (Å²) in [5, 5.41) is 4.42. The maximum atomic E-state index is 6.20. The molecule has 0 amide bonds. The van der Waals surface area contributed by atoms with Gasteiger partial charge in [-0.1, -0.05) is 30.7 Å². The van der Waals surface area contributed by atoms with Crippen molar-refractivity contribution in [1.29, 1.82) is 0 Å². The number of piperidine rings is 1. The number of rotatable bonds is 2. The van der Waals surface area contributed by atoms with E-state index in [-0.39, 0.29) is 0 Å². The summed E-state index contributed by atoms with van der Waals surface area (Å²) in [5.74, 6) is 0.563. The molecule has 2 nitrogen and oxygen atoms in total. The summed E-state index contributed by atoms with van der Waals surface area (Å²) < 4.78 is 5.92. The lowest BCUT2D eigenvalue weighted by Gasteiger charge is -2.49. The van der Waals surface area contributed by atoms with E-state index in [9.17, 15) is 0 Å². The van der Waals surface area contributed by atoms with Crippen LogP contribution in [0.1, 0.15) is 44.1 Å². The van der Waals surface area contributed by atoms with Crippen molar-refractivity contribution in [3.05, 3.63) is 34.9 Å². The van der Waals surface area contributed by atoms with Gasteiger partial charge < -0.3 is 10.1 Å². The van der Waals surface area contributed by atoms with Crippen molar-refractivity contribution >= 4 is 11.6 Å². The van der Waals surface area contributed by atoms with Gasteiger partial charge in [0.25, 0.3) is 0 Å². The van der Waals surface area contributed by atoms with E-state index in [2.05, 4.69) is 30.4 Å². The van der Waals surface area contributed by atoms with Gasteiger partial charge in [-0.3, -0.25) is 0 Å². The zero-order chi connectivity index (χ0) is 14.0. The second kappa shape index (κ2) is 6.05. The number of ether oxygens (including phenoxy) is 1. The molecular weight excluding hydrogens is 270 g/mol. The highest BCUT2D eigenvalue weighted by molar-refractivity contribution is 6.30. The first-order chi connectivity index (χ1) is 9.73. The molecule has 1 N–H and O–H groups in total. The van der Waals surface area contributed by atoms with E-state index in [0.717, 1.165) is 31.1 Å². The van der Waals surface area contributed by atoms with Gasteiger partial charge in [0, 0.05) is 24.1 Å². The van der Waals surface area contributed by atoms with E-state index in [1.807, 2.05) is 6.07 Å². The third-order valence-corrected chi connectivity index (χ3v) is 5.42. The number of halogens is 1. The summed E-state index contributed by atoms with van der Waals surface area (Å²) in [6.45, 7) is 5.35. The molecule has 20 heavy (non-hydrogen) atoms. The third-order valence-electron chi connectivity index (χ3n) is 5.18. The molecule has 0 aromatic heterocycles. The molecule has 0 bridgehead atoms. The van der Waals surface area contributed by atoms with Gasteiger partial charge in [-0.15, -0.1) is 0 Å². The van der Waals surface area contributed by atoms with Gasteiger partial charge in [-0.25, -0.2) is 0 Å². The molecule has 2 saturated heterocycles. The van der Waals surface area contributed by atoms with Crippen LogP contribution in [0.25, 0.3) is 0 Å². The number of nitrogens with one attached hydrogen (secondary N) is 1. The highest BCUT2D eigenvalue weighted by Gasteiger charge is 2.44. The molecule has 1 aromatic carbocycles. The standard InChI is InChI=1S/C17H24ClNO/c1-2-15-11-17(7-9-20-15)6-8-19-12-16(17)13-4-3-5-14(18)10-13/h3-5,10,15-16,19H,2,6-9,11-12H2,1H3.